The predicted octanol–water partition coefficient (Wildman–Crippen LogP) is 1.45. The normalized spacial score (nSPS) is 9.18. The summed E-state index contributed by atoms with van der Waals surface area (Å²) >= 11 is 0. The molecular formula is C13H16O4. The number of hydrogen-bond donors (Lipinski definition) is 1. The Morgan fingerprint density at radius 2 is 1.76 bits per heavy atom. The molecule has 92 valence electrons. The molecule has 0 aliphatic rings. The summed E-state index contributed by atoms with van der Waals surface area (Å²) in [6.45, 7) is 0.0443. The van der Waals surface area contributed by atoms with Gasteiger partial charge in [-0.3, -0.25) is 0 Å². The lowest BCUT2D eigenvalue weighted by molar-refractivity contribution is 0.305. The van der Waals surface area contributed by atoms with Crippen LogP contribution in [-0.2, 0) is 0 Å². The van der Waals surface area contributed by atoms with Crippen LogP contribution < -0.4 is 14.2 Å². The van der Waals surface area contributed by atoms with Crippen molar-refractivity contribution in [1.29, 1.82) is 0 Å². The summed E-state index contributed by atoms with van der Waals surface area (Å²) in [5, 5.41) is 8.68. The molecule has 0 spiro atoms. The molecule has 0 heterocycles. The van der Waals surface area contributed by atoms with Crippen LogP contribution in [0.3, 0.4) is 0 Å². The number of benzene rings is 1. The first-order chi connectivity index (χ1) is 8.28. The van der Waals surface area contributed by atoms with Gasteiger partial charge in [0.1, 0.15) is 0 Å². The molecule has 0 fully saturated rings. The molecule has 0 saturated heterocycles. The van der Waals surface area contributed by atoms with Gasteiger partial charge in [0.25, 0.3) is 0 Å². The highest BCUT2D eigenvalue weighted by atomic mass is 16.5. The Morgan fingerprint density at radius 1 is 1.06 bits per heavy atom. The van der Waals surface area contributed by atoms with Gasteiger partial charge in [-0.05, 0) is 12.1 Å². The average molecular weight is 236 g/mol. The lowest BCUT2D eigenvalue weighted by Crippen LogP contribution is -1.97. The molecule has 0 bridgehead atoms. The maximum atomic E-state index is 8.68. The first-order valence-electron chi connectivity index (χ1n) is 5.17. The van der Waals surface area contributed by atoms with E-state index in [1.807, 2.05) is 0 Å². The SMILES string of the molecule is COc1ccc(C#CCCO)c(OC)c1OC. The summed E-state index contributed by atoms with van der Waals surface area (Å²) in [6.07, 6.45) is 0.428. The molecule has 1 aromatic rings. The molecule has 1 aromatic carbocycles. The summed E-state index contributed by atoms with van der Waals surface area (Å²) in [4.78, 5) is 0. The van der Waals surface area contributed by atoms with Crippen LogP contribution in [0.5, 0.6) is 17.2 Å². The van der Waals surface area contributed by atoms with Crippen LogP contribution >= 0.6 is 0 Å². The highest BCUT2D eigenvalue weighted by molar-refractivity contribution is 5.60. The molecule has 1 N–H and O–H groups in total. The van der Waals surface area contributed by atoms with Crippen LogP contribution in [0.1, 0.15) is 12.0 Å². The zero-order valence-electron chi connectivity index (χ0n) is 10.2. The van der Waals surface area contributed by atoms with E-state index >= 15 is 0 Å². The standard InChI is InChI=1S/C13H16O4/c1-15-11-8-7-10(6-4-5-9-14)12(16-2)13(11)17-3/h7-8,14H,5,9H2,1-3H3. The van der Waals surface area contributed by atoms with Crippen molar-refractivity contribution >= 4 is 0 Å². The Labute approximate surface area is 101 Å². The Hall–Kier alpha value is -1.86. The van der Waals surface area contributed by atoms with Gasteiger partial charge in [0.2, 0.25) is 5.75 Å². The van der Waals surface area contributed by atoms with E-state index in [2.05, 4.69) is 11.8 Å². The minimum Gasteiger partial charge on any atom is -0.493 e. The van der Waals surface area contributed by atoms with Gasteiger partial charge in [-0.2, -0.15) is 0 Å². The van der Waals surface area contributed by atoms with E-state index in [4.69, 9.17) is 19.3 Å². The predicted molar refractivity (Wildman–Crippen MR) is 64.7 cm³/mol. The van der Waals surface area contributed by atoms with E-state index in [0.29, 0.717) is 29.2 Å². The molecule has 4 heteroatoms. The van der Waals surface area contributed by atoms with Crippen molar-refractivity contribution in [3.63, 3.8) is 0 Å². The third-order valence-electron chi connectivity index (χ3n) is 2.16. The molecular weight excluding hydrogens is 220 g/mol. The molecule has 1 rings (SSSR count). The van der Waals surface area contributed by atoms with Crippen LogP contribution in [0.15, 0.2) is 12.1 Å². The molecule has 0 aliphatic carbocycles. The Morgan fingerprint density at radius 3 is 2.29 bits per heavy atom. The number of methoxy groups -OCH3 is 3. The van der Waals surface area contributed by atoms with Gasteiger partial charge in [-0.25, -0.2) is 0 Å². The van der Waals surface area contributed by atoms with Gasteiger partial charge in [0.15, 0.2) is 11.5 Å². The second-order valence-electron chi connectivity index (χ2n) is 3.16. The van der Waals surface area contributed by atoms with E-state index in [0.717, 1.165) is 0 Å². The quantitative estimate of drug-likeness (QED) is 0.804. The van der Waals surface area contributed by atoms with Crippen molar-refractivity contribution in [2.24, 2.45) is 0 Å². The van der Waals surface area contributed by atoms with Gasteiger partial charge in [-0.1, -0.05) is 11.8 Å². The fourth-order valence-corrected chi connectivity index (χ4v) is 1.41. The van der Waals surface area contributed by atoms with Gasteiger partial charge >= 0.3 is 0 Å². The molecule has 17 heavy (non-hydrogen) atoms. The lowest BCUT2D eigenvalue weighted by Gasteiger charge is -2.12. The van der Waals surface area contributed by atoms with Gasteiger partial charge in [0, 0.05) is 6.42 Å². The largest absolute Gasteiger partial charge is 0.493 e. The Balaban J connectivity index is 3.20. The van der Waals surface area contributed by atoms with Crippen molar-refractivity contribution in [1.82, 2.24) is 0 Å². The fourth-order valence-electron chi connectivity index (χ4n) is 1.41. The maximum Gasteiger partial charge on any atom is 0.204 e. The highest BCUT2D eigenvalue weighted by Crippen LogP contribution is 2.39. The van der Waals surface area contributed by atoms with Crippen LogP contribution in [0.2, 0.25) is 0 Å². The first-order valence-corrected chi connectivity index (χ1v) is 5.17. The van der Waals surface area contributed by atoms with Crippen molar-refractivity contribution in [2.45, 2.75) is 6.42 Å². The molecule has 4 nitrogen and oxygen atoms in total. The fraction of sp³-hybridized carbons (Fsp3) is 0.385. The van der Waals surface area contributed by atoms with E-state index in [1.54, 1.807) is 33.5 Å². The van der Waals surface area contributed by atoms with Crippen LogP contribution in [0.25, 0.3) is 0 Å². The third kappa shape index (κ3) is 3.05. The summed E-state index contributed by atoms with van der Waals surface area (Å²) in [6, 6.07) is 3.56. The van der Waals surface area contributed by atoms with Crippen LogP contribution in [-0.4, -0.2) is 33.0 Å². The zero-order valence-corrected chi connectivity index (χ0v) is 10.2. The molecule has 0 unspecified atom stereocenters. The molecule has 0 amide bonds. The van der Waals surface area contributed by atoms with Crippen LogP contribution in [0.4, 0.5) is 0 Å². The van der Waals surface area contributed by atoms with Gasteiger partial charge in [0.05, 0.1) is 33.5 Å². The molecule has 0 atom stereocenters. The van der Waals surface area contributed by atoms with E-state index in [1.165, 1.54) is 0 Å². The minimum atomic E-state index is 0.0443. The van der Waals surface area contributed by atoms with E-state index < -0.39 is 0 Å². The summed E-state index contributed by atoms with van der Waals surface area (Å²) in [7, 11) is 4.66. The van der Waals surface area contributed by atoms with Crippen molar-refractivity contribution in [3.8, 4) is 29.1 Å². The van der Waals surface area contributed by atoms with Crippen molar-refractivity contribution < 1.29 is 19.3 Å². The highest BCUT2D eigenvalue weighted by Gasteiger charge is 2.14. The summed E-state index contributed by atoms with van der Waals surface area (Å²) < 4.78 is 15.7. The summed E-state index contributed by atoms with van der Waals surface area (Å²) in [5.41, 5.74) is 0.707. The van der Waals surface area contributed by atoms with E-state index in [9.17, 15) is 0 Å². The number of rotatable bonds is 4. The second-order valence-corrected chi connectivity index (χ2v) is 3.16. The van der Waals surface area contributed by atoms with E-state index in [-0.39, 0.29) is 6.61 Å². The average Bonchev–Trinajstić information content (AvgIpc) is 2.38. The Bertz CT molecular complexity index is 429. The van der Waals surface area contributed by atoms with Gasteiger partial charge in [-0.15, -0.1) is 0 Å². The minimum absolute atomic E-state index is 0.0443. The molecule has 0 saturated carbocycles. The maximum absolute atomic E-state index is 8.68. The monoisotopic (exact) mass is 236 g/mol. The molecule has 0 aromatic heterocycles. The first kappa shape index (κ1) is 13.2. The number of ether oxygens (including phenoxy) is 3. The number of aliphatic hydroxyl groups is 1. The zero-order chi connectivity index (χ0) is 12.7. The summed E-state index contributed by atoms with van der Waals surface area (Å²) in [5.74, 6) is 7.41. The van der Waals surface area contributed by atoms with Crippen LogP contribution in [0, 0.1) is 11.8 Å². The van der Waals surface area contributed by atoms with Gasteiger partial charge < -0.3 is 19.3 Å². The number of aliphatic hydroxyl groups excluding tert-OH is 1. The lowest BCUT2D eigenvalue weighted by atomic mass is 10.1. The van der Waals surface area contributed by atoms with Crippen molar-refractivity contribution in [2.75, 3.05) is 27.9 Å². The van der Waals surface area contributed by atoms with Crippen molar-refractivity contribution in [3.05, 3.63) is 17.7 Å². The Kier molecular flexibility index (Phi) is 5.18. The number of hydrogen-bond acceptors (Lipinski definition) is 4. The molecule has 0 aliphatic heterocycles. The third-order valence-corrected chi connectivity index (χ3v) is 2.16. The molecule has 0 radical (unpaired) electrons. The second kappa shape index (κ2) is 6.66. The topological polar surface area (TPSA) is 47.9 Å². The smallest absolute Gasteiger partial charge is 0.204 e.